The molecule has 1 saturated heterocycles. The highest BCUT2D eigenvalue weighted by Crippen LogP contribution is 2.13. The predicted molar refractivity (Wildman–Crippen MR) is 73.1 cm³/mol. The molecule has 1 aliphatic rings. The lowest BCUT2D eigenvalue weighted by molar-refractivity contribution is 0.256. The summed E-state index contributed by atoms with van der Waals surface area (Å²) in [7, 11) is 2.06. The van der Waals surface area contributed by atoms with Crippen molar-refractivity contribution in [2.45, 2.75) is 31.8 Å². The van der Waals surface area contributed by atoms with E-state index in [1.165, 1.54) is 25.3 Å². The quantitative estimate of drug-likeness (QED) is 0.903. The Kier molecular flexibility index (Phi) is 4.89. The van der Waals surface area contributed by atoms with Crippen LogP contribution in [-0.2, 0) is 6.54 Å². The number of hydrogen-bond acceptors (Lipinski definition) is 3. The normalized spacial score (nSPS) is 19.4. The number of nitrogens with zero attached hydrogens (tertiary/aromatic N) is 2. The molecule has 3 nitrogen and oxygen atoms in total. The molecule has 1 fully saturated rings. The van der Waals surface area contributed by atoms with Gasteiger partial charge >= 0.3 is 0 Å². The molecule has 1 aliphatic heterocycles. The SMILES string of the molecule is CN(Cc1ccc(F)c(C#N)c1)CC1CCCCN1. The van der Waals surface area contributed by atoms with Crippen LogP contribution in [0.1, 0.15) is 30.4 Å². The first-order valence-electron chi connectivity index (χ1n) is 6.79. The lowest BCUT2D eigenvalue weighted by Crippen LogP contribution is -2.42. The number of nitrogens with one attached hydrogen (secondary N) is 1. The minimum Gasteiger partial charge on any atom is -0.313 e. The van der Waals surface area contributed by atoms with Gasteiger partial charge < -0.3 is 10.2 Å². The average Bonchev–Trinajstić information content (AvgIpc) is 2.42. The summed E-state index contributed by atoms with van der Waals surface area (Å²) in [5.41, 5.74) is 1.11. The molecule has 0 radical (unpaired) electrons. The fourth-order valence-electron chi connectivity index (χ4n) is 2.59. The van der Waals surface area contributed by atoms with E-state index in [-0.39, 0.29) is 5.56 Å². The zero-order valence-electron chi connectivity index (χ0n) is 11.3. The number of nitriles is 1. The molecule has 0 aromatic heterocycles. The van der Waals surface area contributed by atoms with Crippen LogP contribution >= 0.6 is 0 Å². The number of piperidine rings is 1. The molecule has 0 amide bonds. The maximum atomic E-state index is 13.2. The van der Waals surface area contributed by atoms with Crippen LogP contribution in [0.4, 0.5) is 4.39 Å². The summed E-state index contributed by atoms with van der Waals surface area (Å²) in [5.74, 6) is -0.442. The standard InChI is InChI=1S/C15H20FN3/c1-19(11-14-4-2-3-7-18-14)10-12-5-6-15(16)13(8-12)9-17/h5-6,8,14,18H,2-4,7,10-11H2,1H3. The van der Waals surface area contributed by atoms with Crippen molar-refractivity contribution < 1.29 is 4.39 Å². The van der Waals surface area contributed by atoms with Gasteiger partial charge in [0.25, 0.3) is 0 Å². The van der Waals surface area contributed by atoms with Gasteiger partial charge in [0.15, 0.2) is 0 Å². The van der Waals surface area contributed by atoms with Crippen molar-refractivity contribution in [2.24, 2.45) is 0 Å². The Bertz CT molecular complexity index is 461. The van der Waals surface area contributed by atoms with E-state index in [1.807, 2.05) is 6.07 Å². The minimum atomic E-state index is -0.442. The fourth-order valence-corrected chi connectivity index (χ4v) is 2.59. The molecule has 1 unspecified atom stereocenters. The summed E-state index contributed by atoms with van der Waals surface area (Å²) < 4.78 is 13.2. The van der Waals surface area contributed by atoms with Crippen molar-refractivity contribution in [2.75, 3.05) is 20.1 Å². The number of likely N-dealkylation sites (N-methyl/N-ethyl adjacent to an activating group) is 1. The van der Waals surface area contributed by atoms with Crippen LogP contribution in [0.3, 0.4) is 0 Å². The van der Waals surface area contributed by atoms with Gasteiger partial charge in [-0.15, -0.1) is 0 Å². The third-order valence-electron chi connectivity index (χ3n) is 3.55. The Morgan fingerprint density at radius 2 is 2.32 bits per heavy atom. The van der Waals surface area contributed by atoms with Crippen molar-refractivity contribution in [3.63, 3.8) is 0 Å². The van der Waals surface area contributed by atoms with Crippen LogP contribution in [0.5, 0.6) is 0 Å². The predicted octanol–water partition coefficient (Wildman–Crippen LogP) is 2.27. The second-order valence-corrected chi connectivity index (χ2v) is 5.27. The van der Waals surface area contributed by atoms with Gasteiger partial charge in [-0.2, -0.15) is 5.26 Å². The maximum absolute atomic E-state index is 13.2. The second-order valence-electron chi connectivity index (χ2n) is 5.27. The Balaban J connectivity index is 1.91. The van der Waals surface area contributed by atoms with E-state index in [1.54, 1.807) is 12.1 Å². The molecule has 1 heterocycles. The largest absolute Gasteiger partial charge is 0.313 e. The summed E-state index contributed by atoms with van der Waals surface area (Å²) in [6.45, 7) is 2.83. The molecule has 1 atom stereocenters. The van der Waals surface area contributed by atoms with E-state index >= 15 is 0 Å². The van der Waals surface area contributed by atoms with Crippen molar-refractivity contribution >= 4 is 0 Å². The Morgan fingerprint density at radius 1 is 1.47 bits per heavy atom. The van der Waals surface area contributed by atoms with Crippen LogP contribution in [0, 0.1) is 17.1 Å². The monoisotopic (exact) mass is 261 g/mol. The average molecular weight is 261 g/mol. The van der Waals surface area contributed by atoms with E-state index in [2.05, 4.69) is 17.3 Å². The second kappa shape index (κ2) is 6.65. The van der Waals surface area contributed by atoms with Crippen LogP contribution in [0.25, 0.3) is 0 Å². The number of benzene rings is 1. The van der Waals surface area contributed by atoms with Crippen molar-refractivity contribution in [1.29, 1.82) is 5.26 Å². The topological polar surface area (TPSA) is 39.1 Å². The van der Waals surface area contributed by atoms with Gasteiger partial charge in [-0.05, 0) is 44.1 Å². The minimum absolute atomic E-state index is 0.127. The van der Waals surface area contributed by atoms with E-state index in [9.17, 15) is 4.39 Å². The molecule has 2 rings (SSSR count). The lowest BCUT2D eigenvalue weighted by Gasteiger charge is -2.28. The highest BCUT2D eigenvalue weighted by Gasteiger charge is 2.14. The van der Waals surface area contributed by atoms with E-state index < -0.39 is 5.82 Å². The molecule has 1 N–H and O–H groups in total. The van der Waals surface area contributed by atoms with Gasteiger partial charge in [0.05, 0.1) is 5.56 Å². The third kappa shape index (κ3) is 4.02. The Morgan fingerprint density at radius 3 is 3.00 bits per heavy atom. The maximum Gasteiger partial charge on any atom is 0.140 e. The van der Waals surface area contributed by atoms with Crippen LogP contribution < -0.4 is 5.32 Å². The molecule has 19 heavy (non-hydrogen) atoms. The van der Waals surface area contributed by atoms with E-state index in [4.69, 9.17) is 5.26 Å². The molecule has 0 bridgehead atoms. The summed E-state index contributed by atoms with van der Waals surface area (Å²) in [6.07, 6.45) is 3.78. The summed E-state index contributed by atoms with van der Waals surface area (Å²) in [6, 6.07) is 7.20. The summed E-state index contributed by atoms with van der Waals surface area (Å²) >= 11 is 0. The third-order valence-corrected chi connectivity index (χ3v) is 3.55. The molecular weight excluding hydrogens is 241 g/mol. The van der Waals surface area contributed by atoms with E-state index in [0.717, 1.165) is 25.2 Å². The van der Waals surface area contributed by atoms with Gasteiger partial charge in [0.2, 0.25) is 0 Å². The molecule has 1 aromatic rings. The molecule has 0 aliphatic carbocycles. The molecular formula is C15H20FN3. The number of halogens is 1. The van der Waals surface area contributed by atoms with E-state index in [0.29, 0.717) is 6.04 Å². The zero-order valence-corrected chi connectivity index (χ0v) is 11.3. The van der Waals surface area contributed by atoms with Crippen molar-refractivity contribution in [3.8, 4) is 6.07 Å². The molecule has 0 spiro atoms. The van der Waals surface area contributed by atoms with Gasteiger partial charge in [0, 0.05) is 19.1 Å². The molecule has 4 heteroatoms. The van der Waals surface area contributed by atoms with Gasteiger partial charge in [0.1, 0.15) is 11.9 Å². The lowest BCUT2D eigenvalue weighted by atomic mass is 10.0. The Labute approximate surface area is 114 Å². The highest BCUT2D eigenvalue weighted by molar-refractivity contribution is 5.34. The first-order chi connectivity index (χ1) is 9.19. The van der Waals surface area contributed by atoms with Gasteiger partial charge in [-0.25, -0.2) is 4.39 Å². The van der Waals surface area contributed by atoms with Crippen LogP contribution in [-0.4, -0.2) is 31.1 Å². The molecule has 102 valence electrons. The van der Waals surface area contributed by atoms with Crippen molar-refractivity contribution in [1.82, 2.24) is 10.2 Å². The van der Waals surface area contributed by atoms with Crippen LogP contribution in [0.2, 0.25) is 0 Å². The molecule has 0 saturated carbocycles. The summed E-state index contributed by atoms with van der Waals surface area (Å²) in [5, 5.41) is 12.3. The number of rotatable bonds is 4. The highest BCUT2D eigenvalue weighted by atomic mass is 19.1. The first-order valence-corrected chi connectivity index (χ1v) is 6.79. The van der Waals surface area contributed by atoms with Crippen molar-refractivity contribution in [3.05, 3.63) is 35.1 Å². The van der Waals surface area contributed by atoms with Gasteiger partial charge in [-0.3, -0.25) is 0 Å². The van der Waals surface area contributed by atoms with Gasteiger partial charge in [-0.1, -0.05) is 12.5 Å². The summed E-state index contributed by atoms with van der Waals surface area (Å²) in [4.78, 5) is 2.22. The first kappa shape index (κ1) is 14.0. The number of hydrogen-bond donors (Lipinski definition) is 1. The fraction of sp³-hybridized carbons (Fsp3) is 0.533. The zero-order chi connectivity index (χ0) is 13.7. The smallest absolute Gasteiger partial charge is 0.140 e. The Hall–Kier alpha value is -1.44. The molecule has 1 aromatic carbocycles. The van der Waals surface area contributed by atoms with Crippen LogP contribution in [0.15, 0.2) is 18.2 Å².